The van der Waals surface area contributed by atoms with E-state index in [1.54, 1.807) is 6.07 Å². The highest BCUT2D eigenvalue weighted by Gasteiger charge is 2.17. The summed E-state index contributed by atoms with van der Waals surface area (Å²) < 4.78 is 14.6. The van der Waals surface area contributed by atoms with E-state index in [2.05, 4.69) is 61.6 Å². The van der Waals surface area contributed by atoms with Crippen LogP contribution < -0.4 is 0 Å². The standard InChI is InChI=1S/C28H33F/c1-3-5-7-9-22-11-14-24(15-12-22)25-16-18-26(19-17-25)27-20-13-23(21-28(27)29)10-8-6-4-2/h3-6,11,13-14,16-22,24H,7-10,12,15H2,1-2H3/b5-3+,6-4+. The van der Waals surface area contributed by atoms with Crippen molar-refractivity contribution in [2.24, 2.45) is 5.92 Å². The van der Waals surface area contributed by atoms with Crippen molar-refractivity contribution in [3.8, 4) is 11.1 Å². The molecule has 2 unspecified atom stereocenters. The summed E-state index contributed by atoms with van der Waals surface area (Å²) >= 11 is 0. The Labute approximate surface area is 175 Å². The maximum absolute atomic E-state index is 14.6. The van der Waals surface area contributed by atoms with E-state index in [-0.39, 0.29) is 5.82 Å². The molecule has 0 nitrogen and oxygen atoms in total. The molecule has 2 aromatic rings. The van der Waals surface area contributed by atoms with E-state index in [1.807, 2.05) is 25.1 Å². The second kappa shape index (κ2) is 11.0. The van der Waals surface area contributed by atoms with E-state index in [4.69, 9.17) is 0 Å². The van der Waals surface area contributed by atoms with Crippen LogP contribution in [0.4, 0.5) is 4.39 Å². The Morgan fingerprint density at radius 3 is 2.31 bits per heavy atom. The molecule has 0 aromatic heterocycles. The second-order valence-electron chi connectivity index (χ2n) is 8.02. The Morgan fingerprint density at radius 1 is 0.897 bits per heavy atom. The van der Waals surface area contributed by atoms with Gasteiger partial charge in [-0.15, -0.1) is 0 Å². The number of aryl methyl sites for hydroxylation is 1. The van der Waals surface area contributed by atoms with Gasteiger partial charge in [0, 0.05) is 11.5 Å². The summed E-state index contributed by atoms with van der Waals surface area (Å²) in [5, 5.41) is 0. The molecular formula is C28H33F. The highest BCUT2D eigenvalue weighted by atomic mass is 19.1. The topological polar surface area (TPSA) is 0 Å². The largest absolute Gasteiger partial charge is 0.206 e. The third-order valence-electron chi connectivity index (χ3n) is 5.92. The number of halogens is 1. The predicted molar refractivity (Wildman–Crippen MR) is 124 cm³/mol. The van der Waals surface area contributed by atoms with E-state index in [1.165, 1.54) is 31.2 Å². The Balaban J connectivity index is 1.64. The van der Waals surface area contributed by atoms with Gasteiger partial charge in [0.2, 0.25) is 0 Å². The summed E-state index contributed by atoms with van der Waals surface area (Å²) in [6.07, 6.45) is 20.0. The van der Waals surface area contributed by atoms with E-state index in [0.717, 1.165) is 24.0 Å². The Kier molecular flexibility index (Phi) is 8.04. The molecule has 29 heavy (non-hydrogen) atoms. The van der Waals surface area contributed by atoms with Crippen molar-refractivity contribution in [1.82, 2.24) is 0 Å². The van der Waals surface area contributed by atoms with Gasteiger partial charge in [-0.25, -0.2) is 4.39 Å². The Bertz CT molecular complexity index is 854. The summed E-state index contributed by atoms with van der Waals surface area (Å²) in [6, 6.07) is 14.1. The fraction of sp³-hybridized carbons (Fsp3) is 0.357. The summed E-state index contributed by atoms with van der Waals surface area (Å²) in [6.45, 7) is 4.10. The van der Waals surface area contributed by atoms with Gasteiger partial charge in [-0.2, -0.15) is 0 Å². The minimum atomic E-state index is -0.128. The van der Waals surface area contributed by atoms with Gasteiger partial charge in [0.05, 0.1) is 0 Å². The molecule has 1 aliphatic rings. The van der Waals surface area contributed by atoms with Crippen molar-refractivity contribution in [3.63, 3.8) is 0 Å². The summed E-state index contributed by atoms with van der Waals surface area (Å²) in [5.74, 6) is 1.07. The van der Waals surface area contributed by atoms with E-state index < -0.39 is 0 Å². The maximum Gasteiger partial charge on any atom is 0.131 e. The summed E-state index contributed by atoms with van der Waals surface area (Å²) in [5.41, 5.74) is 4.03. The van der Waals surface area contributed by atoms with Crippen LogP contribution in [0.25, 0.3) is 11.1 Å². The molecule has 1 aliphatic carbocycles. The lowest BCUT2D eigenvalue weighted by atomic mass is 9.82. The first-order valence-electron chi connectivity index (χ1n) is 11.0. The molecule has 0 saturated carbocycles. The number of hydrogen-bond donors (Lipinski definition) is 0. The van der Waals surface area contributed by atoms with Crippen LogP contribution in [-0.4, -0.2) is 0 Å². The van der Waals surface area contributed by atoms with Crippen LogP contribution in [-0.2, 0) is 6.42 Å². The van der Waals surface area contributed by atoms with Gasteiger partial charge in [0.15, 0.2) is 0 Å². The molecule has 0 bridgehead atoms. The first-order valence-corrected chi connectivity index (χ1v) is 11.0. The van der Waals surface area contributed by atoms with E-state index in [9.17, 15) is 4.39 Å². The lowest BCUT2D eigenvalue weighted by Crippen LogP contribution is -2.07. The molecule has 152 valence electrons. The smallest absolute Gasteiger partial charge is 0.131 e. The zero-order chi connectivity index (χ0) is 20.5. The molecule has 0 saturated heterocycles. The van der Waals surface area contributed by atoms with Gasteiger partial charge in [-0.05, 0) is 81.0 Å². The number of benzene rings is 2. The van der Waals surface area contributed by atoms with Crippen molar-refractivity contribution in [2.45, 2.75) is 58.3 Å². The predicted octanol–water partition coefficient (Wildman–Crippen LogP) is 8.41. The first-order chi connectivity index (χ1) is 14.2. The van der Waals surface area contributed by atoms with Gasteiger partial charge >= 0.3 is 0 Å². The van der Waals surface area contributed by atoms with Crippen molar-refractivity contribution < 1.29 is 4.39 Å². The molecule has 0 fully saturated rings. The molecule has 0 heterocycles. The van der Waals surface area contributed by atoms with E-state index in [0.29, 0.717) is 17.4 Å². The fourth-order valence-electron chi connectivity index (χ4n) is 4.15. The molecule has 2 atom stereocenters. The van der Waals surface area contributed by atoms with Gasteiger partial charge < -0.3 is 0 Å². The summed E-state index contributed by atoms with van der Waals surface area (Å²) in [7, 11) is 0. The number of rotatable bonds is 8. The van der Waals surface area contributed by atoms with Crippen LogP contribution in [0.15, 0.2) is 78.9 Å². The SMILES string of the molecule is C/C=C/CCc1ccc(-c2ccc(C3C=CC(CC/C=C/C)CC3)cc2)c(F)c1. The molecule has 1 heteroatoms. The van der Waals surface area contributed by atoms with Crippen LogP contribution in [0.3, 0.4) is 0 Å². The average Bonchev–Trinajstić information content (AvgIpc) is 2.75. The Morgan fingerprint density at radius 2 is 1.66 bits per heavy atom. The first kappa shape index (κ1) is 21.3. The molecule has 0 N–H and O–H groups in total. The maximum atomic E-state index is 14.6. The second-order valence-corrected chi connectivity index (χ2v) is 8.02. The lowest BCUT2D eigenvalue weighted by Gasteiger charge is -2.23. The van der Waals surface area contributed by atoms with Crippen LogP contribution in [0.5, 0.6) is 0 Å². The van der Waals surface area contributed by atoms with Gasteiger partial charge in [-0.1, -0.05) is 72.9 Å². The molecule has 2 aromatic carbocycles. The van der Waals surface area contributed by atoms with Crippen LogP contribution in [0.2, 0.25) is 0 Å². The average molecular weight is 389 g/mol. The molecule has 0 radical (unpaired) electrons. The van der Waals surface area contributed by atoms with E-state index >= 15 is 0 Å². The fourth-order valence-corrected chi connectivity index (χ4v) is 4.15. The van der Waals surface area contributed by atoms with Crippen molar-refractivity contribution in [1.29, 1.82) is 0 Å². The van der Waals surface area contributed by atoms with Crippen LogP contribution >= 0.6 is 0 Å². The van der Waals surface area contributed by atoms with Crippen LogP contribution in [0.1, 0.15) is 63.0 Å². The highest BCUT2D eigenvalue weighted by Crippen LogP contribution is 2.33. The minimum Gasteiger partial charge on any atom is -0.206 e. The molecule has 0 amide bonds. The monoisotopic (exact) mass is 388 g/mol. The lowest BCUT2D eigenvalue weighted by molar-refractivity contribution is 0.485. The van der Waals surface area contributed by atoms with Gasteiger partial charge in [-0.3, -0.25) is 0 Å². The van der Waals surface area contributed by atoms with Gasteiger partial charge in [0.25, 0.3) is 0 Å². The number of hydrogen-bond acceptors (Lipinski definition) is 0. The quantitative estimate of drug-likeness (QED) is 0.398. The molecular weight excluding hydrogens is 355 g/mol. The third-order valence-corrected chi connectivity index (χ3v) is 5.92. The molecule has 0 aliphatic heterocycles. The Hall–Kier alpha value is -2.41. The third kappa shape index (κ3) is 6.03. The zero-order valence-corrected chi connectivity index (χ0v) is 17.8. The van der Waals surface area contributed by atoms with Crippen molar-refractivity contribution in [2.75, 3.05) is 0 Å². The van der Waals surface area contributed by atoms with Crippen molar-refractivity contribution in [3.05, 3.63) is 95.9 Å². The van der Waals surface area contributed by atoms with Crippen LogP contribution in [0, 0.1) is 11.7 Å². The van der Waals surface area contributed by atoms with Gasteiger partial charge in [0.1, 0.15) is 5.82 Å². The highest BCUT2D eigenvalue weighted by molar-refractivity contribution is 5.65. The summed E-state index contributed by atoms with van der Waals surface area (Å²) in [4.78, 5) is 0. The number of allylic oxidation sites excluding steroid dienone is 6. The minimum absolute atomic E-state index is 0.128. The zero-order valence-electron chi connectivity index (χ0n) is 17.8. The molecule has 0 spiro atoms. The normalized spacial score (nSPS) is 19.4. The van der Waals surface area contributed by atoms with Crippen molar-refractivity contribution >= 4 is 0 Å². The molecule has 3 rings (SSSR count).